The van der Waals surface area contributed by atoms with E-state index in [0.717, 1.165) is 50.3 Å². The third-order valence-corrected chi connectivity index (χ3v) is 5.62. The van der Waals surface area contributed by atoms with E-state index in [-0.39, 0.29) is 0 Å². The number of aliphatic imine (C=N–C) groups is 1. The van der Waals surface area contributed by atoms with E-state index in [2.05, 4.69) is 32.3 Å². The summed E-state index contributed by atoms with van der Waals surface area (Å²) in [6, 6.07) is 14.0. The Morgan fingerprint density at radius 3 is 2.86 bits per heavy atom. The number of likely N-dealkylation sites (tertiary alicyclic amines) is 1. The third kappa shape index (κ3) is 4.44. The highest BCUT2D eigenvalue weighted by Gasteiger charge is 2.42. The molecule has 1 aromatic carbocycles. The van der Waals surface area contributed by atoms with Crippen LogP contribution in [0.5, 0.6) is 5.75 Å². The Balaban J connectivity index is 1.27. The van der Waals surface area contributed by atoms with Crippen molar-refractivity contribution in [2.75, 3.05) is 33.4 Å². The second-order valence-electron chi connectivity index (χ2n) is 7.63. The lowest BCUT2D eigenvalue weighted by molar-refractivity contribution is 0.156. The molecule has 1 spiro atoms. The van der Waals surface area contributed by atoms with Crippen molar-refractivity contribution in [1.29, 1.82) is 0 Å². The molecule has 2 aromatic rings. The van der Waals surface area contributed by atoms with Crippen LogP contribution in [0.1, 0.15) is 24.1 Å². The molecule has 148 valence electrons. The van der Waals surface area contributed by atoms with E-state index in [9.17, 15) is 0 Å². The van der Waals surface area contributed by atoms with E-state index in [1.165, 1.54) is 18.4 Å². The molecular weight excluding hydrogens is 352 g/mol. The molecule has 2 aliphatic heterocycles. The molecule has 3 heterocycles. The highest BCUT2D eigenvalue weighted by Crippen LogP contribution is 2.38. The van der Waals surface area contributed by atoms with Gasteiger partial charge in [-0.15, -0.1) is 0 Å². The molecule has 6 heteroatoms. The zero-order chi connectivity index (χ0) is 19.2. The standard InChI is InChI=1S/C22H28N4O2/c1-23-21(26-12-9-22(16-26)10-13-27-17-22)25-14-18-5-7-20(8-6-18)28-15-19-4-2-3-11-24-19/h2-8,11H,9-10,12-17H2,1H3,(H,23,25). The fourth-order valence-electron chi connectivity index (χ4n) is 3.95. The molecule has 1 N–H and O–H groups in total. The van der Waals surface area contributed by atoms with Gasteiger partial charge in [0.1, 0.15) is 12.4 Å². The topological polar surface area (TPSA) is 59.0 Å². The predicted octanol–water partition coefficient (Wildman–Crippen LogP) is 2.85. The molecule has 0 aliphatic carbocycles. The third-order valence-electron chi connectivity index (χ3n) is 5.62. The Labute approximate surface area is 166 Å². The average molecular weight is 380 g/mol. The monoisotopic (exact) mass is 380 g/mol. The largest absolute Gasteiger partial charge is 0.487 e. The van der Waals surface area contributed by atoms with Crippen LogP contribution in [0.2, 0.25) is 0 Å². The Morgan fingerprint density at radius 1 is 1.25 bits per heavy atom. The number of rotatable bonds is 5. The number of guanidine groups is 1. The van der Waals surface area contributed by atoms with Gasteiger partial charge < -0.3 is 19.7 Å². The normalized spacial score (nSPS) is 22.0. The van der Waals surface area contributed by atoms with Gasteiger partial charge in [0.25, 0.3) is 0 Å². The molecule has 4 rings (SSSR count). The lowest BCUT2D eigenvalue weighted by Crippen LogP contribution is -2.41. The van der Waals surface area contributed by atoms with E-state index in [1.807, 2.05) is 37.4 Å². The molecule has 1 atom stereocenters. The number of pyridine rings is 1. The molecule has 0 radical (unpaired) electrons. The zero-order valence-corrected chi connectivity index (χ0v) is 16.4. The maximum Gasteiger partial charge on any atom is 0.193 e. The van der Waals surface area contributed by atoms with Crippen molar-refractivity contribution < 1.29 is 9.47 Å². The van der Waals surface area contributed by atoms with Crippen LogP contribution in [0, 0.1) is 5.41 Å². The van der Waals surface area contributed by atoms with Gasteiger partial charge in [-0.2, -0.15) is 0 Å². The number of benzene rings is 1. The van der Waals surface area contributed by atoms with Crippen molar-refractivity contribution in [3.63, 3.8) is 0 Å². The Hall–Kier alpha value is -2.60. The zero-order valence-electron chi connectivity index (χ0n) is 16.4. The lowest BCUT2D eigenvalue weighted by atomic mass is 9.87. The summed E-state index contributed by atoms with van der Waals surface area (Å²) in [6.45, 7) is 5.09. The van der Waals surface area contributed by atoms with Crippen LogP contribution < -0.4 is 10.1 Å². The van der Waals surface area contributed by atoms with Crippen LogP contribution in [-0.2, 0) is 17.9 Å². The summed E-state index contributed by atoms with van der Waals surface area (Å²) >= 11 is 0. The van der Waals surface area contributed by atoms with Crippen molar-refractivity contribution in [3.8, 4) is 5.75 Å². The quantitative estimate of drug-likeness (QED) is 0.638. The Kier molecular flexibility index (Phi) is 5.76. The molecular formula is C22H28N4O2. The second kappa shape index (κ2) is 8.61. The van der Waals surface area contributed by atoms with E-state index in [0.29, 0.717) is 12.0 Å². The molecule has 2 fully saturated rings. The molecule has 28 heavy (non-hydrogen) atoms. The first-order valence-corrected chi connectivity index (χ1v) is 9.91. The van der Waals surface area contributed by atoms with Gasteiger partial charge in [0, 0.05) is 44.9 Å². The van der Waals surface area contributed by atoms with Crippen LogP contribution in [0.4, 0.5) is 0 Å². The number of hydrogen-bond acceptors (Lipinski definition) is 4. The molecule has 0 saturated carbocycles. The minimum atomic E-state index is 0.338. The Morgan fingerprint density at radius 2 is 2.14 bits per heavy atom. The van der Waals surface area contributed by atoms with Gasteiger partial charge in [0.15, 0.2) is 5.96 Å². The van der Waals surface area contributed by atoms with Crippen LogP contribution in [0.15, 0.2) is 53.7 Å². The summed E-state index contributed by atoms with van der Waals surface area (Å²) in [6.07, 6.45) is 4.14. The first kappa shape index (κ1) is 18.7. The molecule has 0 bridgehead atoms. The first-order valence-electron chi connectivity index (χ1n) is 9.91. The summed E-state index contributed by atoms with van der Waals surface area (Å²) < 4.78 is 11.4. The smallest absolute Gasteiger partial charge is 0.193 e. The molecule has 1 unspecified atom stereocenters. The molecule has 2 saturated heterocycles. The van der Waals surface area contributed by atoms with Crippen molar-refractivity contribution >= 4 is 5.96 Å². The van der Waals surface area contributed by atoms with Gasteiger partial charge in [-0.25, -0.2) is 0 Å². The summed E-state index contributed by atoms with van der Waals surface area (Å²) in [4.78, 5) is 11.1. The van der Waals surface area contributed by atoms with E-state index < -0.39 is 0 Å². The van der Waals surface area contributed by atoms with Crippen LogP contribution in [0.25, 0.3) is 0 Å². The molecule has 0 amide bonds. The number of nitrogens with zero attached hydrogens (tertiary/aromatic N) is 3. The maximum atomic E-state index is 5.80. The number of ether oxygens (including phenoxy) is 2. The number of hydrogen-bond donors (Lipinski definition) is 1. The van der Waals surface area contributed by atoms with E-state index in [1.54, 1.807) is 6.20 Å². The number of nitrogens with one attached hydrogen (secondary N) is 1. The summed E-state index contributed by atoms with van der Waals surface area (Å²) in [7, 11) is 1.85. The van der Waals surface area contributed by atoms with Crippen molar-refractivity contribution in [2.24, 2.45) is 10.4 Å². The predicted molar refractivity (Wildman–Crippen MR) is 109 cm³/mol. The highest BCUT2D eigenvalue weighted by molar-refractivity contribution is 5.80. The fourth-order valence-corrected chi connectivity index (χ4v) is 3.95. The van der Waals surface area contributed by atoms with Gasteiger partial charge in [0.2, 0.25) is 0 Å². The van der Waals surface area contributed by atoms with Gasteiger partial charge >= 0.3 is 0 Å². The van der Waals surface area contributed by atoms with Crippen molar-refractivity contribution in [3.05, 3.63) is 59.9 Å². The van der Waals surface area contributed by atoms with Crippen molar-refractivity contribution in [2.45, 2.75) is 26.0 Å². The van der Waals surface area contributed by atoms with E-state index in [4.69, 9.17) is 9.47 Å². The molecule has 1 aromatic heterocycles. The fraction of sp³-hybridized carbons (Fsp3) is 0.455. The Bertz CT molecular complexity index is 786. The molecule has 2 aliphatic rings. The highest BCUT2D eigenvalue weighted by atomic mass is 16.5. The summed E-state index contributed by atoms with van der Waals surface area (Å²) in [5.74, 6) is 1.82. The van der Waals surface area contributed by atoms with Gasteiger partial charge in [0.05, 0.1) is 12.3 Å². The van der Waals surface area contributed by atoms with Gasteiger partial charge in [-0.3, -0.25) is 9.98 Å². The SMILES string of the molecule is CN=C(NCc1ccc(OCc2ccccn2)cc1)N1CCC2(CCOC2)C1. The minimum Gasteiger partial charge on any atom is -0.487 e. The van der Waals surface area contributed by atoms with Crippen LogP contribution >= 0.6 is 0 Å². The van der Waals surface area contributed by atoms with Crippen molar-refractivity contribution in [1.82, 2.24) is 15.2 Å². The van der Waals surface area contributed by atoms with Gasteiger partial charge in [-0.1, -0.05) is 18.2 Å². The first-order chi connectivity index (χ1) is 13.8. The summed E-state index contributed by atoms with van der Waals surface area (Å²) in [5, 5.41) is 3.50. The second-order valence-corrected chi connectivity index (χ2v) is 7.63. The summed E-state index contributed by atoms with van der Waals surface area (Å²) in [5.41, 5.74) is 2.46. The maximum absolute atomic E-state index is 5.80. The van der Waals surface area contributed by atoms with Gasteiger partial charge in [-0.05, 0) is 42.7 Å². The van der Waals surface area contributed by atoms with Crippen LogP contribution in [0.3, 0.4) is 0 Å². The minimum absolute atomic E-state index is 0.338. The van der Waals surface area contributed by atoms with Crippen LogP contribution in [-0.4, -0.2) is 49.2 Å². The van der Waals surface area contributed by atoms with E-state index >= 15 is 0 Å². The average Bonchev–Trinajstić information content (AvgIpc) is 3.38. The molecule has 6 nitrogen and oxygen atoms in total. The number of aromatic nitrogens is 1. The lowest BCUT2D eigenvalue weighted by Gasteiger charge is -2.25.